The number of nitrogens with zero attached hydrogens (tertiary/aromatic N) is 2. The summed E-state index contributed by atoms with van der Waals surface area (Å²) >= 11 is 0. The molecule has 1 aromatic rings. The SMILES string of the molecule is C#CCC1NC(=O)n2cccc2C1N=C(C)N. The van der Waals surface area contributed by atoms with Gasteiger partial charge in [-0.05, 0) is 19.1 Å². The molecule has 0 spiro atoms. The van der Waals surface area contributed by atoms with Crippen LogP contribution in [0.5, 0.6) is 0 Å². The fourth-order valence-electron chi connectivity index (χ4n) is 2.00. The second-order valence-electron chi connectivity index (χ2n) is 3.98. The first-order chi connectivity index (χ1) is 8.13. The molecular formula is C12H14N4O. The predicted molar refractivity (Wildman–Crippen MR) is 65.6 cm³/mol. The van der Waals surface area contributed by atoms with E-state index in [1.165, 1.54) is 4.57 Å². The number of terminal acetylenes is 1. The molecule has 0 aliphatic carbocycles. The molecule has 88 valence electrons. The zero-order valence-corrected chi connectivity index (χ0v) is 9.55. The number of hydrogen-bond acceptors (Lipinski definition) is 2. The summed E-state index contributed by atoms with van der Waals surface area (Å²) in [7, 11) is 0. The molecule has 2 heterocycles. The third-order valence-corrected chi connectivity index (χ3v) is 2.67. The molecule has 1 aliphatic heterocycles. The molecule has 0 saturated heterocycles. The Labute approximate surface area is 99.7 Å². The van der Waals surface area contributed by atoms with Gasteiger partial charge in [0.2, 0.25) is 0 Å². The van der Waals surface area contributed by atoms with E-state index in [9.17, 15) is 4.79 Å². The molecular weight excluding hydrogens is 216 g/mol. The van der Waals surface area contributed by atoms with Crippen LogP contribution < -0.4 is 11.1 Å². The number of nitrogens with two attached hydrogens (primary N) is 1. The zero-order chi connectivity index (χ0) is 12.4. The van der Waals surface area contributed by atoms with E-state index in [0.717, 1.165) is 5.69 Å². The van der Waals surface area contributed by atoms with Crippen molar-refractivity contribution in [2.45, 2.75) is 25.4 Å². The third kappa shape index (κ3) is 2.02. The minimum Gasteiger partial charge on any atom is -0.388 e. The molecule has 0 radical (unpaired) electrons. The summed E-state index contributed by atoms with van der Waals surface area (Å²) in [5.74, 6) is 3.02. The summed E-state index contributed by atoms with van der Waals surface area (Å²) in [6.45, 7) is 1.72. The number of fused-ring (bicyclic) bond motifs is 1. The first kappa shape index (κ1) is 11.3. The molecule has 1 amide bonds. The van der Waals surface area contributed by atoms with Crippen LogP contribution in [-0.2, 0) is 0 Å². The van der Waals surface area contributed by atoms with Crippen molar-refractivity contribution in [1.29, 1.82) is 0 Å². The molecule has 3 N–H and O–H groups in total. The van der Waals surface area contributed by atoms with Crippen LogP contribution in [0.25, 0.3) is 0 Å². The maximum Gasteiger partial charge on any atom is 0.326 e. The zero-order valence-electron chi connectivity index (χ0n) is 9.55. The summed E-state index contributed by atoms with van der Waals surface area (Å²) < 4.78 is 1.53. The minimum atomic E-state index is -0.219. The van der Waals surface area contributed by atoms with Gasteiger partial charge in [0.25, 0.3) is 0 Å². The number of rotatable bonds is 2. The Bertz CT molecular complexity index is 505. The second-order valence-corrected chi connectivity index (χ2v) is 3.98. The Balaban J connectivity index is 2.44. The lowest BCUT2D eigenvalue weighted by atomic mass is 10.0. The van der Waals surface area contributed by atoms with Crippen molar-refractivity contribution in [3.63, 3.8) is 0 Å². The molecule has 0 bridgehead atoms. The molecule has 0 saturated carbocycles. The summed E-state index contributed by atoms with van der Waals surface area (Å²) in [5.41, 5.74) is 6.44. The molecule has 1 aromatic heterocycles. The Kier molecular flexibility index (Phi) is 2.88. The third-order valence-electron chi connectivity index (χ3n) is 2.67. The van der Waals surface area contributed by atoms with Gasteiger partial charge in [-0.2, -0.15) is 0 Å². The van der Waals surface area contributed by atoms with Crippen molar-refractivity contribution in [2.24, 2.45) is 10.7 Å². The predicted octanol–water partition coefficient (Wildman–Crippen LogP) is 0.870. The van der Waals surface area contributed by atoms with E-state index in [0.29, 0.717) is 12.3 Å². The summed E-state index contributed by atoms with van der Waals surface area (Å²) in [5, 5.41) is 2.83. The Morgan fingerprint density at radius 1 is 1.76 bits per heavy atom. The van der Waals surface area contributed by atoms with Crippen molar-refractivity contribution in [3.8, 4) is 12.3 Å². The molecule has 17 heavy (non-hydrogen) atoms. The van der Waals surface area contributed by atoms with Gasteiger partial charge in [0.1, 0.15) is 6.04 Å². The Morgan fingerprint density at radius 3 is 3.18 bits per heavy atom. The van der Waals surface area contributed by atoms with Crippen molar-refractivity contribution in [2.75, 3.05) is 0 Å². The van der Waals surface area contributed by atoms with Crippen molar-refractivity contribution >= 4 is 11.9 Å². The van der Waals surface area contributed by atoms with E-state index in [1.54, 1.807) is 13.1 Å². The van der Waals surface area contributed by atoms with Crippen molar-refractivity contribution in [1.82, 2.24) is 9.88 Å². The van der Waals surface area contributed by atoms with Crippen LogP contribution in [0.3, 0.4) is 0 Å². The summed E-state index contributed by atoms with van der Waals surface area (Å²) in [4.78, 5) is 16.1. The highest BCUT2D eigenvalue weighted by Crippen LogP contribution is 2.27. The molecule has 1 aliphatic rings. The number of hydrogen-bond donors (Lipinski definition) is 2. The van der Waals surface area contributed by atoms with Crippen LogP contribution in [0.4, 0.5) is 4.79 Å². The number of amides is 1. The fourth-order valence-corrected chi connectivity index (χ4v) is 2.00. The number of aromatic nitrogens is 1. The molecule has 5 heteroatoms. The molecule has 0 aromatic carbocycles. The summed E-state index contributed by atoms with van der Waals surface area (Å²) in [6, 6.07) is 3.07. The van der Waals surface area contributed by atoms with E-state index < -0.39 is 0 Å². The fraction of sp³-hybridized carbons (Fsp3) is 0.333. The van der Waals surface area contributed by atoms with Gasteiger partial charge in [0.15, 0.2) is 0 Å². The highest BCUT2D eigenvalue weighted by Gasteiger charge is 2.32. The van der Waals surface area contributed by atoms with Crippen LogP contribution in [0, 0.1) is 12.3 Å². The lowest BCUT2D eigenvalue weighted by molar-refractivity contribution is 0.229. The van der Waals surface area contributed by atoms with Crippen LogP contribution in [0.15, 0.2) is 23.3 Å². The van der Waals surface area contributed by atoms with Gasteiger partial charge in [0.05, 0.1) is 17.6 Å². The quantitative estimate of drug-likeness (QED) is 0.449. The van der Waals surface area contributed by atoms with Crippen molar-refractivity contribution in [3.05, 3.63) is 24.0 Å². The van der Waals surface area contributed by atoms with Crippen LogP contribution in [-0.4, -0.2) is 22.5 Å². The first-order valence-electron chi connectivity index (χ1n) is 5.35. The van der Waals surface area contributed by atoms with Crippen LogP contribution in [0.1, 0.15) is 25.1 Å². The molecule has 2 atom stereocenters. The van der Waals surface area contributed by atoms with E-state index in [2.05, 4.69) is 16.2 Å². The van der Waals surface area contributed by atoms with E-state index in [-0.39, 0.29) is 18.1 Å². The average Bonchev–Trinajstić information content (AvgIpc) is 2.73. The highest BCUT2D eigenvalue weighted by molar-refractivity contribution is 5.81. The van der Waals surface area contributed by atoms with Crippen LogP contribution >= 0.6 is 0 Å². The van der Waals surface area contributed by atoms with Gasteiger partial charge in [-0.15, -0.1) is 12.3 Å². The lowest BCUT2D eigenvalue weighted by Crippen LogP contribution is -2.46. The molecule has 2 unspecified atom stereocenters. The monoisotopic (exact) mass is 230 g/mol. The lowest BCUT2D eigenvalue weighted by Gasteiger charge is -2.30. The normalized spacial score (nSPS) is 23.8. The Hall–Kier alpha value is -2.22. The van der Waals surface area contributed by atoms with Gasteiger partial charge in [-0.3, -0.25) is 9.56 Å². The van der Waals surface area contributed by atoms with Gasteiger partial charge in [-0.1, -0.05) is 0 Å². The van der Waals surface area contributed by atoms with E-state index >= 15 is 0 Å². The largest absolute Gasteiger partial charge is 0.388 e. The van der Waals surface area contributed by atoms with Gasteiger partial charge < -0.3 is 11.1 Å². The average molecular weight is 230 g/mol. The Morgan fingerprint density at radius 2 is 2.53 bits per heavy atom. The first-order valence-corrected chi connectivity index (χ1v) is 5.35. The second kappa shape index (κ2) is 4.34. The molecule has 0 fully saturated rings. The number of carbonyl (C=O) groups is 1. The smallest absolute Gasteiger partial charge is 0.326 e. The maximum atomic E-state index is 11.8. The van der Waals surface area contributed by atoms with Gasteiger partial charge in [-0.25, -0.2) is 4.79 Å². The number of carbonyl (C=O) groups excluding carboxylic acids is 1. The minimum absolute atomic E-state index is 0.175. The van der Waals surface area contributed by atoms with Crippen LogP contribution in [0.2, 0.25) is 0 Å². The van der Waals surface area contributed by atoms with Gasteiger partial charge >= 0.3 is 6.03 Å². The van der Waals surface area contributed by atoms with E-state index in [4.69, 9.17) is 12.2 Å². The number of nitrogens with one attached hydrogen (secondary N) is 1. The highest BCUT2D eigenvalue weighted by atomic mass is 16.2. The van der Waals surface area contributed by atoms with E-state index in [1.807, 2.05) is 12.1 Å². The number of amidine groups is 1. The maximum absolute atomic E-state index is 11.8. The summed E-state index contributed by atoms with van der Waals surface area (Å²) in [6.07, 6.45) is 7.43. The van der Waals surface area contributed by atoms with Gasteiger partial charge in [0, 0.05) is 12.6 Å². The number of aliphatic imine (C=N–C) groups is 1. The standard InChI is InChI=1S/C12H14N4O/c1-3-5-9-11(14-8(2)13)10-6-4-7-16(10)12(17)15-9/h1,4,6-7,9,11H,5H2,2H3,(H2,13,14)(H,15,17). The molecule has 5 nitrogen and oxygen atoms in total. The molecule has 2 rings (SSSR count). The van der Waals surface area contributed by atoms with Crippen molar-refractivity contribution < 1.29 is 4.79 Å². The topological polar surface area (TPSA) is 72.4 Å².